The second kappa shape index (κ2) is 43.6. The van der Waals surface area contributed by atoms with Gasteiger partial charge in [0.15, 0.2) is 49.9 Å². The van der Waals surface area contributed by atoms with Crippen LogP contribution in [0.5, 0.6) is 0 Å². The lowest BCUT2D eigenvalue weighted by Gasteiger charge is -2.45. The van der Waals surface area contributed by atoms with Crippen LogP contribution < -0.4 is 15.7 Å². The number of hydrogen-bond donors (Lipinski definition) is 1. The molecule has 0 aliphatic carbocycles. The quantitative estimate of drug-likeness (QED) is 0.0512. The second-order valence-electron chi connectivity index (χ2n) is 30.8. The Balaban J connectivity index is 1.83. The third kappa shape index (κ3) is 38.8. The molecular weight excluding hydrogens is 1240 g/mol. The van der Waals surface area contributed by atoms with E-state index in [-0.39, 0.29) is 5.91 Å². The molecule has 2 aromatic rings. The zero-order chi connectivity index (χ0) is 65.7. The molecule has 0 bridgehead atoms. The summed E-state index contributed by atoms with van der Waals surface area (Å²) in [7, 11) is -15.1. The number of benzene rings is 2. The van der Waals surface area contributed by atoms with Crippen molar-refractivity contribution in [3.63, 3.8) is 0 Å². The molecule has 0 aliphatic rings. The molecule has 0 saturated carbocycles. The average molecular weight is 1380 g/mol. The molecule has 19 heteroatoms. The molecular formula is C69H141NO9Si9. The summed E-state index contributed by atoms with van der Waals surface area (Å²) >= 11 is 0. The van der Waals surface area contributed by atoms with E-state index in [4.69, 9.17) is 33.9 Å². The summed E-state index contributed by atoms with van der Waals surface area (Å²) in [5, 5.41) is 5.72. The fourth-order valence-electron chi connectivity index (χ4n) is 13.1. The third-order valence-corrected chi connectivity index (χ3v) is 50.8. The predicted octanol–water partition coefficient (Wildman–Crippen LogP) is 20.8. The number of unbranched alkanes of at least 4 members (excludes halogenated alkanes) is 23. The lowest BCUT2D eigenvalue weighted by atomic mass is 9.93. The number of nitrogens with one attached hydrogen (secondary N) is 1. The summed E-state index contributed by atoms with van der Waals surface area (Å²) < 4.78 is 53.8. The van der Waals surface area contributed by atoms with Crippen molar-refractivity contribution >= 4 is 92.1 Å². The van der Waals surface area contributed by atoms with Crippen molar-refractivity contribution in [2.45, 2.75) is 328 Å². The van der Waals surface area contributed by atoms with Gasteiger partial charge in [0.25, 0.3) is 0 Å². The Hall–Kier alpha value is -0.458. The van der Waals surface area contributed by atoms with Crippen molar-refractivity contribution in [2.75, 3.05) is 27.9 Å². The fourth-order valence-corrected chi connectivity index (χ4v) is 56.1. The average Bonchev–Trinajstić information content (AvgIpc) is 1.36. The van der Waals surface area contributed by atoms with E-state index in [1.54, 1.807) is 21.3 Å². The summed E-state index contributed by atoms with van der Waals surface area (Å²) in [6, 6.07) is 28.2. The maximum atomic E-state index is 13.1. The molecule has 88 heavy (non-hydrogen) atoms. The van der Waals surface area contributed by atoms with E-state index < -0.39 is 75.8 Å². The van der Waals surface area contributed by atoms with Crippen LogP contribution in [0.4, 0.5) is 0 Å². The van der Waals surface area contributed by atoms with Gasteiger partial charge in [-0.3, -0.25) is 4.79 Å². The minimum atomic E-state index is -3.25. The van der Waals surface area contributed by atoms with E-state index in [0.29, 0.717) is 12.3 Å². The topological polar surface area (TPSA) is 103 Å². The molecule has 0 aromatic heterocycles. The molecule has 0 saturated heterocycles. The van der Waals surface area contributed by atoms with Crippen LogP contribution in [0.25, 0.3) is 0 Å². The minimum absolute atomic E-state index is 0.267. The van der Waals surface area contributed by atoms with Gasteiger partial charge in [-0.2, -0.15) is 0 Å². The molecule has 512 valence electrons. The fraction of sp³-hybridized carbons (Fsp3) is 0.812. The normalized spacial score (nSPS) is 13.8. The summed E-state index contributed by atoms with van der Waals surface area (Å²) in [4.78, 5) is 13.1. The third-order valence-electron chi connectivity index (χ3n) is 17.7. The molecule has 0 aliphatic heterocycles. The monoisotopic (exact) mass is 1380 g/mol. The zero-order valence-corrected chi connectivity index (χ0v) is 70.0. The van der Waals surface area contributed by atoms with Crippen LogP contribution >= 0.6 is 0 Å². The Morgan fingerprint density at radius 3 is 1.12 bits per heavy atom. The van der Waals surface area contributed by atoms with E-state index in [1.165, 1.54) is 167 Å². The Morgan fingerprint density at radius 2 is 0.716 bits per heavy atom. The summed E-state index contributed by atoms with van der Waals surface area (Å²) in [6.07, 6.45) is 36.8. The molecule has 0 heterocycles. The SMILES string of the molecule is CCCCCCCCCCCC(CCCCCCCCCCC[Si](OC)(OC)OC)CNC(=O)CCCCCCCCCC[Si](C)(C)O[Si](C)(C)CC[Si](C)(C)O[Si](O[Si](C)(C)O[Si](C)(C)CC[Si](C)(C)O[Si](C)(C)C)(c1ccccc1)c1ccccc1. The van der Waals surface area contributed by atoms with Crippen molar-refractivity contribution < 1.29 is 38.6 Å². The highest BCUT2D eigenvalue weighted by molar-refractivity contribution is 7.03. The molecule has 1 amide bonds. The first-order valence-electron chi connectivity index (χ1n) is 35.9. The van der Waals surface area contributed by atoms with Crippen LogP contribution in [0, 0.1) is 5.92 Å². The van der Waals surface area contributed by atoms with Crippen molar-refractivity contribution in [3.05, 3.63) is 60.7 Å². The second-order valence-corrected chi connectivity index (χ2v) is 67.5. The molecule has 10 nitrogen and oxygen atoms in total. The molecule has 0 spiro atoms. The highest BCUT2D eigenvalue weighted by Crippen LogP contribution is 2.34. The van der Waals surface area contributed by atoms with Crippen molar-refractivity contribution in [2.24, 2.45) is 5.92 Å². The maximum Gasteiger partial charge on any atom is 0.500 e. The number of carbonyl (C=O) groups excluding carboxylic acids is 1. The van der Waals surface area contributed by atoms with Crippen molar-refractivity contribution in [3.8, 4) is 0 Å². The molecule has 0 radical (unpaired) electrons. The molecule has 1 unspecified atom stereocenters. The minimum Gasteiger partial charge on any atom is -0.456 e. The molecule has 2 aromatic carbocycles. The zero-order valence-electron chi connectivity index (χ0n) is 61.0. The molecule has 2 rings (SSSR count). The van der Waals surface area contributed by atoms with Gasteiger partial charge in [-0.15, -0.1) is 0 Å². The van der Waals surface area contributed by atoms with Gasteiger partial charge in [0.1, 0.15) is 0 Å². The van der Waals surface area contributed by atoms with Gasteiger partial charge >= 0.3 is 25.9 Å². The van der Waals surface area contributed by atoms with Crippen molar-refractivity contribution in [1.29, 1.82) is 0 Å². The number of rotatable bonds is 56. The van der Waals surface area contributed by atoms with Crippen LogP contribution in [-0.4, -0.2) is 110 Å². The standard InChI is InChI=1S/C69H141NO9Si9/c1-20-21-22-23-24-26-31-36-43-52-66(53-44-37-32-27-25-29-35-40-51-60-87(72-2,73-3)74-4)65-70-69(71)58-49-38-33-28-30-34-39-50-59-81(8,9)76-83(12,13)62-64-85(16,17)78-88(67-54-45-41-46-55-67,68-56-47-42-48-57-68)79-86(18,19)77-84(14,15)63-61-82(10,11)75-80(5,6)7/h41-42,45-48,54-57,66H,20-40,43-44,49-53,58-65H2,1-19H3,(H,70,71). The Bertz CT molecular complexity index is 2030. The lowest BCUT2D eigenvalue weighted by Crippen LogP contribution is -2.71. The molecule has 1 atom stereocenters. The smallest absolute Gasteiger partial charge is 0.456 e. The van der Waals surface area contributed by atoms with Crippen LogP contribution in [-0.2, 0) is 38.6 Å². The van der Waals surface area contributed by atoms with Gasteiger partial charge in [0.2, 0.25) is 5.91 Å². The lowest BCUT2D eigenvalue weighted by molar-refractivity contribution is -0.121. The van der Waals surface area contributed by atoms with Crippen molar-refractivity contribution in [1.82, 2.24) is 5.32 Å². The van der Waals surface area contributed by atoms with Crippen LogP contribution in [0.15, 0.2) is 60.7 Å². The first-order chi connectivity index (χ1) is 41.4. The maximum absolute atomic E-state index is 13.1. The van der Waals surface area contributed by atoms with Gasteiger partial charge in [0.05, 0.1) is 0 Å². The Kier molecular flexibility index (Phi) is 41.4. The van der Waals surface area contributed by atoms with Crippen LogP contribution in [0.3, 0.4) is 0 Å². The summed E-state index contributed by atoms with van der Waals surface area (Å²) in [5.41, 5.74) is 0. The van der Waals surface area contributed by atoms with Gasteiger partial charge < -0.3 is 39.2 Å². The van der Waals surface area contributed by atoms with Gasteiger partial charge in [0, 0.05) is 40.3 Å². The number of hydrogen-bond acceptors (Lipinski definition) is 9. The van der Waals surface area contributed by atoms with E-state index in [9.17, 15) is 4.79 Å². The first-order valence-corrected chi connectivity index (χ1v) is 61.5. The van der Waals surface area contributed by atoms with E-state index in [2.05, 4.69) is 171 Å². The highest BCUT2D eigenvalue weighted by atomic mass is 28.5. The van der Waals surface area contributed by atoms with Crippen LogP contribution in [0.1, 0.15) is 193 Å². The largest absolute Gasteiger partial charge is 0.500 e. The van der Waals surface area contributed by atoms with E-state index >= 15 is 0 Å². The molecule has 1 N–H and O–H groups in total. The number of amides is 1. The Morgan fingerprint density at radius 1 is 0.375 bits per heavy atom. The summed E-state index contributed by atoms with van der Waals surface area (Å²) in [5.74, 6) is 0.881. The molecule has 0 fully saturated rings. The van der Waals surface area contributed by atoms with Crippen LogP contribution in [0.2, 0.25) is 134 Å². The van der Waals surface area contributed by atoms with E-state index in [1.807, 2.05) is 0 Å². The van der Waals surface area contributed by atoms with Gasteiger partial charge in [-0.1, -0.05) is 222 Å². The Labute approximate surface area is 554 Å². The highest BCUT2D eigenvalue weighted by Gasteiger charge is 2.53. The van der Waals surface area contributed by atoms with E-state index in [0.717, 1.165) is 66.4 Å². The predicted molar refractivity (Wildman–Crippen MR) is 403 cm³/mol. The first kappa shape index (κ1) is 83.6. The summed E-state index contributed by atoms with van der Waals surface area (Å²) in [6.45, 7) is 38.8. The van der Waals surface area contributed by atoms with Gasteiger partial charge in [-0.05, 0) is 170 Å². The number of carbonyl (C=O) groups is 1. The van der Waals surface area contributed by atoms with Gasteiger partial charge in [-0.25, -0.2) is 0 Å².